The summed E-state index contributed by atoms with van der Waals surface area (Å²) in [6, 6.07) is 3.58. The Balaban J connectivity index is 3.13. The van der Waals surface area contributed by atoms with Crippen molar-refractivity contribution in [3.8, 4) is 5.75 Å². The van der Waals surface area contributed by atoms with Gasteiger partial charge in [-0.25, -0.2) is 0 Å². The zero-order chi connectivity index (χ0) is 10.0. The number of carbonyl (C=O) groups excluding carboxylic acids is 1. The lowest BCUT2D eigenvalue weighted by Crippen LogP contribution is -2.26. The fraction of sp³-hybridized carbons (Fsp3) is 0.222. The van der Waals surface area contributed by atoms with Gasteiger partial charge in [0, 0.05) is 5.56 Å². The average molecular weight is 200 g/mol. The first-order valence-corrected chi connectivity index (χ1v) is 4.18. The van der Waals surface area contributed by atoms with Crippen LogP contribution in [0.2, 0.25) is 5.02 Å². The normalized spacial score (nSPS) is 12.5. The van der Waals surface area contributed by atoms with E-state index in [1.165, 1.54) is 18.2 Å². The zero-order valence-corrected chi connectivity index (χ0v) is 7.88. The van der Waals surface area contributed by atoms with Gasteiger partial charge in [0.2, 0.25) is 0 Å². The minimum atomic E-state index is -0.612. The Kier molecular flexibility index (Phi) is 2.90. The van der Waals surface area contributed by atoms with E-state index in [9.17, 15) is 4.79 Å². The summed E-state index contributed by atoms with van der Waals surface area (Å²) >= 11 is 5.75. The summed E-state index contributed by atoms with van der Waals surface area (Å²) in [6.45, 7) is 1.57. The molecule has 0 aliphatic carbocycles. The SMILES string of the molecule is CC(N)C(=O)c1cc(O)ccc1Cl. The van der Waals surface area contributed by atoms with Crippen LogP contribution in [0.1, 0.15) is 17.3 Å². The molecule has 0 aliphatic rings. The van der Waals surface area contributed by atoms with E-state index in [-0.39, 0.29) is 17.1 Å². The monoisotopic (exact) mass is 199 g/mol. The van der Waals surface area contributed by atoms with Crippen molar-refractivity contribution in [3.63, 3.8) is 0 Å². The standard InChI is InChI=1S/C9H10ClNO2/c1-5(11)9(13)7-4-6(12)2-3-8(7)10/h2-5,12H,11H2,1H3. The van der Waals surface area contributed by atoms with Gasteiger partial charge < -0.3 is 10.8 Å². The average Bonchev–Trinajstić information content (AvgIpc) is 2.08. The van der Waals surface area contributed by atoms with Crippen LogP contribution in [-0.2, 0) is 0 Å². The van der Waals surface area contributed by atoms with Gasteiger partial charge in [-0.05, 0) is 25.1 Å². The van der Waals surface area contributed by atoms with Crippen molar-refractivity contribution in [2.24, 2.45) is 5.73 Å². The molecule has 3 nitrogen and oxygen atoms in total. The van der Waals surface area contributed by atoms with Crippen molar-refractivity contribution in [3.05, 3.63) is 28.8 Å². The largest absolute Gasteiger partial charge is 0.508 e. The molecule has 0 aromatic heterocycles. The number of aromatic hydroxyl groups is 1. The molecular formula is C9H10ClNO2. The van der Waals surface area contributed by atoms with Gasteiger partial charge in [-0.1, -0.05) is 11.6 Å². The third-order valence-corrected chi connectivity index (χ3v) is 1.96. The molecule has 0 spiro atoms. The molecule has 0 fully saturated rings. The van der Waals surface area contributed by atoms with Gasteiger partial charge >= 0.3 is 0 Å². The molecule has 13 heavy (non-hydrogen) atoms. The number of nitrogens with two attached hydrogens (primary N) is 1. The van der Waals surface area contributed by atoms with Crippen LogP contribution >= 0.6 is 11.6 Å². The lowest BCUT2D eigenvalue weighted by atomic mass is 10.1. The maximum absolute atomic E-state index is 11.4. The molecule has 0 saturated carbocycles. The molecule has 0 aliphatic heterocycles. The maximum atomic E-state index is 11.4. The fourth-order valence-corrected chi connectivity index (χ4v) is 1.16. The van der Waals surface area contributed by atoms with Crippen LogP contribution in [0.25, 0.3) is 0 Å². The molecule has 1 atom stereocenters. The summed E-state index contributed by atoms with van der Waals surface area (Å²) in [5.74, 6) is -0.269. The summed E-state index contributed by atoms with van der Waals surface area (Å²) in [5.41, 5.74) is 5.66. The minimum Gasteiger partial charge on any atom is -0.508 e. The van der Waals surface area contributed by atoms with Gasteiger partial charge in [0.05, 0.1) is 11.1 Å². The smallest absolute Gasteiger partial charge is 0.180 e. The summed E-state index contributed by atoms with van der Waals surface area (Å²) in [7, 11) is 0. The highest BCUT2D eigenvalue weighted by molar-refractivity contribution is 6.34. The van der Waals surface area contributed by atoms with Gasteiger partial charge in [0.15, 0.2) is 5.78 Å². The number of benzene rings is 1. The number of phenols is 1. The highest BCUT2D eigenvalue weighted by Gasteiger charge is 2.14. The third kappa shape index (κ3) is 2.20. The molecule has 1 aromatic carbocycles. The number of rotatable bonds is 2. The van der Waals surface area contributed by atoms with Gasteiger partial charge in [-0.15, -0.1) is 0 Å². The van der Waals surface area contributed by atoms with E-state index in [1.54, 1.807) is 6.92 Å². The fourth-order valence-electron chi connectivity index (χ4n) is 0.947. The summed E-state index contributed by atoms with van der Waals surface area (Å²) in [6.07, 6.45) is 0. The van der Waals surface area contributed by atoms with Crippen LogP contribution < -0.4 is 5.73 Å². The van der Waals surface area contributed by atoms with Crippen molar-refractivity contribution in [1.82, 2.24) is 0 Å². The number of phenolic OH excluding ortho intramolecular Hbond substituents is 1. The second-order valence-electron chi connectivity index (χ2n) is 2.82. The number of Topliss-reactive ketones (excluding diaryl/α,β-unsaturated/α-hetero) is 1. The third-order valence-electron chi connectivity index (χ3n) is 1.63. The Bertz CT molecular complexity index is 336. The van der Waals surface area contributed by atoms with Crippen LogP contribution in [0.15, 0.2) is 18.2 Å². The molecule has 1 rings (SSSR count). The van der Waals surface area contributed by atoms with E-state index in [0.717, 1.165) is 0 Å². The van der Waals surface area contributed by atoms with Gasteiger partial charge in [0.1, 0.15) is 5.75 Å². The highest BCUT2D eigenvalue weighted by atomic mass is 35.5. The number of ketones is 1. The quantitative estimate of drug-likeness (QED) is 0.711. The molecule has 4 heteroatoms. The van der Waals surface area contributed by atoms with E-state index in [0.29, 0.717) is 5.02 Å². The molecule has 0 bridgehead atoms. The van der Waals surface area contributed by atoms with Crippen molar-refractivity contribution in [1.29, 1.82) is 0 Å². The van der Waals surface area contributed by atoms with E-state index in [4.69, 9.17) is 22.4 Å². The van der Waals surface area contributed by atoms with Crippen LogP contribution in [0.4, 0.5) is 0 Å². The van der Waals surface area contributed by atoms with Crippen molar-refractivity contribution in [2.75, 3.05) is 0 Å². The van der Waals surface area contributed by atoms with Crippen molar-refractivity contribution in [2.45, 2.75) is 13.0 Å². The lowest BCUT2D eigenvalue weighted by molar-refractivity contribution is 0.0967. The molecule has 0 heterocycles. The number of carbonyl (C=O) groups is 1. The molecule has 0 amide bonds. The first-order chi connectivity index (χ1) is 6.02. The molecule has 0 saturated heterocycles. The van der Waals surface area contributed by atoms with Crippen LogP contribution in [0.5, 0.6) is 5.75 Å². The van der Waals surface area contributed by atoms with Crippen LogP contribution in [0.3, 0.4) is 0 Å². The Morgan fingerprint density at radius 1 is 1.62 bits per heavy atom. The van der Waals surface area contributed by atoms with E-state index >= 15 is 0 Å². The Morgan fingerprint density at radius 2 is 2.23 bits per heavy atom. The van der Waals surface area contributed by atoms with Gasteiger partial charge in [-0.3, -0.25) is 4.79 Å². The second kappa shape index (κ2) is 3.77. The molecular weight excluding hydrogens is 190 g/mol. The van der Waals surface area contributed by atoms with Crippen molar-refractivity contribution < 1.29 is 9.90 Å². The summed E-state index contributed by atoms with van der Waals surface area (Å²) < 4.78 is 0. The molecule has 1 aromatic rings. The first kappa shape index (κ1) is 10.0. The number of halogens is 1. The molecule has 70 valence electrons. The summed E-state index contributed by atoms with van der Waals surface area (Å²) in [4.78, 5) is 11.4. The highest BCUT2D eigenvalue weighted by Crippen LogP contribution is 2.21. The maximum Gasteiger partial charge on any atom is 0.180 e. The van der Waals surface area contributed by atoms with Crippen molar-refractivity contribution >= 4 is 17.4 Å². The number of hydrogen-bond donors (Lipinski definition) is 2. The van der Waals surface area contributed by atoms with E-state index in [2.05, 4.69) is 0 Å². The predicted molar refractivity (Wildman–Crippen MR) is 51.1 cm³/mol. The Labute approximate surface area is 81.1 Å². The van der Waals surface area contributed by atoms with Crippen LogP contribution in [-0.4, -0.2) is 16.9 Å². The van der Waals surface area contributed by atoms with E-state index in [1.807, 2.05) is 0 Å². The summed E-state index contributed by atoms with van der Waals surface area (Å²) in [5, 5.41) is 9.42. The van der Waals surface area contributed by atoms with Gasteiger partial charge in [0.25, 0.3) is 0 Å². The molecule has 1 unspecified atom stereocenters. The Hall–Kier alpha value is -1.06. The zero-order valence-electron chi connectivity index (χ0n) is 7.12. The predicted octanol–water partition coefficient (Wildman–Crippen LogP) is 1.58. The van der Waals surface area contributed by atoms with E-state index < -0.39 is 6.04 Å². The first-order valence-electron chi connectivity index (χ1n) is 3.80. The molecule has 3 N–H and O–H groups in total. The Morgan fingerprint density at radius 3 is 2.77 bits per heavy atom. The topological polar surface area (TPSA) is 63.3 Å². The molecule has 0 radical (unpaired) electrons. The number of hydrogen-bond acceptors (Lipinski definition) is 3. The minimum absolute atomic E-state index is 0.00778. The van der Waals surface area contributed by atoms with Crippen LogP contribution in [0, 0.1) is 0 Å². The second-order valence-corrected chi connectivity index (χ2v) is 3.22. The van der Waals surface area contributed by atoms with Gasteiger partial charge in [-0.2, -0.15) is 0 Å². The lowest BCUT2D eigenvalue weighted by Gasteiger charge is -2.06.